The number of carbonyl (C=O) groups excluding carboxylic acids is 2. The van der Waals surface area contributed by atoms with E-state index in [2.05, 4.69) is 36.6 Å². The van der Waals surface area contributed by atoms with Crippen molar-refractivity contribution in [2.24, 2.45) is 17.4 Å². The highest BCUT2D eigenvalue weighted by atomic mass is 16.5. The summed E-state index contributed by atoms with van der Waals surface area (Å²) in [7, 11) is 1.59. The number of hydrogen-bond donors (Lipinski definition) is 4. The molecule has 6 N–H and O–H groups in total. The third-order valence-electron chi connectivity index (χ3n) is 6.19. The first-order valence-electron chi connectivity index (χ1n) is 13.9. The molecule has 2 amide bonds. The van der Waals surface area contributed by atoms with E-state index >= 15 is 0 Å². The number of ether oxygens (including phenoxy) is 2. The summed E-state index contributed by atoms with van der Waals surface area (Å²) in [6, 6.07) is 12.5. The zero-order valence-electron chi connectivity index (χ0n) is 23.7. The number of unbranched alkanes of at least 4 members (excludes halogenated alkanes) is 3. The van der Waals surface area contributed by atoms with Crippen molar-refractivity contribution in [3.05, 3.63) is 65.7 Å². The predicted molar refractivity (Wildman–Crippen MR) is 158 cm³/mol. The molecule has 1 atom stereocenters. The van der Waals surface area contributed by atoms with Crippen LogP contribution in [0.25, 0.3) is 0 Å². The van der Waals surface area contributed by atoms with Gasteiger partial charge < -0.3 is 31.6 Å². The second kappa shape index (κ2) is 18.0. The van der Waals surface area contributed by atoms with Crippen molar-refractivity contribution in [3.8, 4) is 11.5 Å². The highest BCUT2D eigenvalue weighted by Gasteiger charge is 2.13. The number of nitrogens with one attached hydrogen (secondary N) is 2. The molecule has 2 aromatic rings. The van der Waals surface area contributed by atoms with Gasteiger partial charge in [-0.05, 0) is 80.0 Å². The summed E-state index contributed by atoms with van der Waals surface area (Å²) < 4.78 is 11.5. The molecule has 0 aliphatic heterocycles. The first kappa shape index (κ1) is 31.9. The first-order chi connectivity index (χ1) is 18.8. The van der Waals surface area contributed by atoms with E-state index in [1.807, 2.05) is 42.5 Å². The van der Waals surface area contributed by atoms with E-state index in [-0.39, 0.29) is 11.8 Å². The number of anilines is 1. The molecular formula is C31H46N4O4. The van der Waals surface area contributed by atoms with Crippen LogP contribution in [0.2, 0.25) is 0 Å². The quantitative estimate of drug-likeness (QED) is 0.155. The molecule has 0 bridgehead atoms. The Balaban J connectivity index is 1.78. The monoisotopic (exact) mass is 538 g/mol. The van der Waals surface area contributed by atoms with Crippen molar-refractivity contribution in [2.45, 2.75) is 78.0 Å². The average molecular weight is 539 g/mol. The molecule has 8 nitrogen and oxygen atoms in total. The fourth-order valence-electron chi connectivity index (χ4n) is 3.87. The average Bonchev–Trinajstić information content (AvgIpc) is 2.93. The van der Waals surface area contributed by atoms with Gasteiger partial charge in [-0.3, -0.25) is 9.59 Å². The van der Waals surface area contributed by atoms with Crippen LogP contribution in [0, 0.1) is 5.92 Å². The highest BCUT2D eigenvalue weighted by Crippen LogP contribution is 2.29. The molecule has 0 saturated heterocycles. The van der Waals surface area contributed by atoms with Gasteiger partial charge in [-0.15, -0.1) is 0 Å². The Bertz CT molecular complexity index is 1040. The smallest absolute Gasteiger partial charge is 0.241 e. The number of carbonyl (C=O) groups is 2. The van der Waals surface area contributed by atoms with Crippen LogP contribution in [0.15, 0.2) is 54.6 Å². The van der Waals surface area contributed by atoms with Gasteiger partial charge in [0, 0.05) is 18.7 Å². The Labute approximate surface area is 233 Å². The third kappa shape index (κ3) is 12.8. The largest absolute Gasteiger partial charge is 0.493 e. The number of benzene rings is 2. The molecule has 0 heterocycles. The van der Waals surface area contributed by atoms with Crippen LogP contribution in [-0.4, -0.2) is 31.5 Å². The number of amides is 2. The molecule has 0 saturated carbocycles. The number of allylic oxidation sites excluding steroid dienone is 2. The number of nitrogens with two attached hydrogens (primary N) is 2. The van der Waals surface area contributed by atoms with E-state index in [0.717, 1.165) is 43.2 Å². The van der Waals surface area contributed by atoms with Crippen LogP contribution in [0.5, 0.6) is 11.5 Å². The number of rotatable bonds is 18. The van der Waals surface area contributed by atoms with Gasteiger partial charge in [0.25, 0.3) is 0 Å². The molecule has 0 aromatic heterocycles. The van der Waals surface area contributed by atoms with E-state index in [9.17, 15) is 9.59 Å². The molecule has 0 radical (unpaired) electrons. The van der Waals surface area contributed by atoms with Gasteiger partial charge in [0.05, 0.1) is 13.2 Å². The number of hydrogen-bond acceptors (Lipinski definition) is 6. The van der Waals surface area contributed by atoms with Crippen LogP contribution in [0.1, 0.15) is 69.9 Å². The Hall–Kier alpha value is -3.36. The summed E-state index contributed by atoms with van der Waals surface area (Å²) in [4.78, 5) is 24.4. The molecule has 0 aliphatic rings. The first-order valence-corrected chi connectivity index (χ1v) is 13.9. The molecular weight excluding hydrogens is 492 g/mol. The van der Waals surface area contributed by atoms with Gasteiger partial charge in [-0.25, -0.2) is 0 Å². The summed E-state index contributed by atoms with van der Waals surface area (Å²) in [6.45, 7) is 5.69. The van der Waals surface area contributed by atoms with Crippen LogP contribution in [0.4, 0.5) is 5.69 Å². The zero-order valence-corrected chi connectivity index (χ0v) is 23.7. The van der Waals surface area contributed by atoms with Gasteiger partial charge in [-0.1, -0.05) is 50.6 Å². The summed E-state index contributed by atoms with van der Waals surface area (Å²) in [5.41, 5.74) is 14.0. The Morgan fingerprint density at radius 3 is 2.41 bits per heavy atom. The molecule has 0 aliphatic carbocycles. The van der Waals surface area contributed by atoms with Gasteiger partial charge in [0.1, 0.15) is 6.61 Å². The second-order valence-electron chi connectivity index (χ2n) is 10.0. The molecule has 0 spiro atoms. The van der Waals surface area contributed by atoms with Gasteiger partial charge in [-0.2, -0.15) is 0 Å². The van der Waals surface area contributed by atoms with Crippen molar-refractivity contribution >= 4 is 17.5 Å². The SMILES string of the molecule is COc1cc(CNC(=O)CCCC/C=C/C(C)C)ccc1OCc1ccc(NC(=O)[C@@H](N)CCCCN)cc1. The zero-order chi connectivity index (χ0) is 28.5. The molecule has 39 heavy (non-hydrogen) atoms. The van der Waals surface area contributed by atoms with Crippen LogP contribution >= 0.6 is 0 Å². The van der Waals surface area contributed by atoms with Crippen molar-refractivity contribution in [2.75, 3.05) is 19.0 Å². The molecule has 8 heteroatoms. The molecule has 0 fully saturated rings. The van der Waals surface area contributed by atoms with Crippen molar-refractivity contribution in [3.63, 3.8) is 0 Å². The van der Waals surface area contributed by atoms with E-state index < -0.39 is 6.04 Å². The van der Waals surface area contributed by atoms with E-state index in [4.69, 9.17) is 20.9 Å². The molecule has 0 unspecified atom stereocenters. The van der Waals surface area contributed by atoms with Crippen molar-refractivity contribution in [1.82, 2.24) is 5.32 Å². The van der Waals surface area contributed by atoms with E-state index in [1.165, 1.54) is 0 Å². The molecule has 2 rings (SSSR count). The fraction of sp³-hybridized carbons (Fsp3) is 0.484. The summed E-state index contributed by atoms with van der Waals surface area (Å²) in [6.07, 6.45) is 10.1. The minimum atomic E-state index is -0.551. The van der Waals surface area contributed by atoms with Crippen LogP contribution in [0.3, 0.4) is 0 Å². The highest BCUT2D eigenvalue weighted by molar-refractivity contribution is 5.94. The lowest BCUT2D eigenvalue weighted by atomic mass is 10.1. The predicted octanol–water partition coefficient (Wildman–Crippen LogP) is 5.06. The second-order valence-corrected chi connectivity index (χ2v) is 10.0. The van der Waals surface area contributed by atoms with Crippen LogP contribution in [-0.2, 0) is 22.7 Å². The summed E-state index contributed by atoms with van der Waals surface area (Å²) in [5.74, 6) is 1.63. The topological polar surface area (TPSA) is 129 Å². The maximum absolute atomic E-state index is 12.3. The lowest BCUT2D eigenvalue weighted by Crippen LogP contribution is -2.35. The Morgan fingerprint density at radius 2 is 1.72 bits per heavy atom. The normalized spacial score (nSPS) is 11.9. The maximum Gasteiger partial charge on any atom is 0.241 e. The molecule has 2 aromatic carbocycles. The standard InChI is InChI=1S/C31H46N4O4/c1-23(2)10-6-4-5-7-12-30(36)34-21-25-15-18-28(29(20-25)38-3)39-22-24-13-16-26(17-14-24)35-31(37)27(33)11-8-9-19-32/h6,10,13-18,20,23,27H,4-5,7-9,11-12,19,21-22,32-33H2,1-3H3,(H,34,36)(H,35,37)/b10-6+/t27-/m0/s1. The van der Waals surface area contributed by atoms with Crippen molar-refractivity contribution in [1.29, 1.82) is 0 Å². The summed E-state index contributed by atoms with van der Waals surface area (Å²) in [5, 5.41) is 5.83. The van der Waals surface area contributed by atoms with E-state index in [0.29, 0.717) is 55.6 Å². The van der Waals surface area contributed by atoms with Gasteiger partial charge >= 0.3 is 0 Å². The third-order valence-corrected chi connectivity index (χ3v) is 6.19. The minimum absolute atomic E-state index is 0.0512. The van der Waals surface area contributed by atoms with Gasteiger partial charge in [0.2, 0.25) is 11.8 Å². The summed E-state index contributed by atoms with van der Waals surface area (Å²) >= 11 is 0. The van der Waals surface area contributed by atoms with Crippen LogP contribution < -0.4 is 31.6 Å². The van der Waals surface area contributed by atoms with E-state index in [1.54, 1.807) is 7.11 Å². The number of methoxy groups -OCH3 is 1. The Kier molecular flexibility index (Phi) is 14.7. The van der Waals surface area contributed by atoms with Crippen molar-refractivity contribution < 1.29 is 19.1 Å². The lowest BCUT2D eigenvalue weighted by molar-refractivity contribution is -0.121. The Morgan fingerprint density at radius 1 is 0.974 bits per heavy atom. The maximum atomic E-state index is 12.3. The minimum Gasteiger partial charge on any atom is -0.493 e. The van der Waals surface area contributed by atoms with Gasteiger partial charge in [0.15, 0.2) is 11.5 Å². The molecule has 214 valence electrons. The fourth-order valence-corrected chi connectivity index (χ4v) is 3.87. The lowest BCUT2D eigenvalue weighted by Gasteiger charge is -2.14.